The van der Waals surface area contributed by atoms with Gasteiger partial charge >= 0.3 is 0 Å². The van der Waals surface area contributed by atoms with Crippen molar-refractivity contribution in [2.24, 2.45) is 5.92 Å². The van der Waals surface area contributed by atoms with Crippen molar-refractivity contribution in [3.63, 3.8) is 0 Å². The lowest BCUT2D eigenvalue weighted by Crippen LogP contribution is -2.47. The standard InChI is InChI=1S/C9H18N2S/c1-3-4-10-9(12)11-8-5-7(2)6-8/h7-8H,3-6H2,1-2H3,(H2,10,11,12). The molecular formula is C9H18N2S. The van der Waals surface area contributed by atoms with Gasteiger partial charge in [0.25, 0.3) is 0 Å². The second-order valence-corrected chi connectivity index (χ2v) is 4.08. The molecule has 3 heteroatoms. The maximum absolute atomic E-state index is 5.11. The molecule has 12 heavy (non-hydrogen) atoms. The number of rotatable bonds is 3. The van der Waals surface area contributed by atoms with Crippen molar-refractivity contribution < 1.29 is 0 Å². The van der Waals surface area contributed by atoms with Crippen molar-refractivity contribution in [2.45, 2.75) is 39.2 Å². The first kappa shape index (κ1) is 9.78. The monoisotopic (exact) mass is 186 g/mol. The number of thiocarbonyl (C=S) groups is 1. The molecule has 1 rings (SSSR count). The van der Waals surface area contributed by atoms with Gasteiger partial charge in [0, 0.05) is 12.6 Å². The van der Waals surface area contributed by atoms with Crippen molar-refractivity contribution in [1.82, 2.24) is 10.6 Å². The molecule has 2 N–H and O–H groups in total. The van der Waals surface area contributed by atoms with Gasteiger partial charge in [0.15, 0.2) is 5.11 Å². The fraction of sp³-hybridized carbons (Fsp3) is 0.889. The molecule has 0 aromatic heterocycles. The quantitative estimate of drug-likeness (QED) is 0.656. The summed E-state index contributed by atoms with van der Waals surface area (Å²) in [6.45, 7) is 5.40. The molecular weight excluding hydrogens is 168 g/mol. The minimum Gasteiger partial charge on any atom is -0.363 e. The first-order chi connectivity index (χ1) is 5.72. The van der Waals surface area contributed by atoms with E-state index in [1.807, 2.05) is 0 Å². The summed E-state index contributed by atoms with van der Waals surface area (Å²) in [6.07, 6.45) is 3.67. The van der Waals surface area contributed by atoms with E-state index in [4.69, 9.17) is 12.2 Å². The molecule has 0 aliphatic heterocycles. The number of hydrogen-bond acceptors (Lipinski definition) is 1. The van der Waals surface area contributed by atoms with E-state index in [-0.39, 0.29) is 0 Å². The lowest BCUT2D eigenvalue weighted by molar-refractivity contribution is 0.267. The van der Waals surface area contributed by atoms with Gasteiger partial charge in [-0.25, -0.2) is 0 Å². The summed E-state index contributed by atoms with van der Waals surface area (Å²) in [5.41, 5.74) is 0. The van der Waals surface area contributed by atoms with Crippen molar-refractivity contribution in [2.75, 3.05) is 6.54 Å². The molecule has 0 atom stereocenters. The van der Waals surface area contributed by atoms with Gasteiger partial charge < -0.3 is 10.6 Å². The van der Waals surface area contributed by atoms with E-state index in [2.05, 4.69) is 24.5 Å². The first-order valence-corrected chi connectivity index (χ1v) is 5.17. The lowest BCUT2D eigenvalue weighted by atomic mass is 9.82. The zero-order valence-corrected chi connectivity index (χ0v) is 8.71. The van der Waals surface area contributed by atoms with Crippen molar-refractivity contribution >= 4 is 17.3 Å². The fourth-order valence-electron chi connectivity index (χ4n) is 1.50. The predicted molar refractivity (Wildman–Crippen MR) is 56.2 cm³/mol. The van der Waals surface area contributed by atoms with Crippen molar-refractivity contribution in [3.05, 3.63) is 0 Å². The molecule has 0 radical (unpaired) electrons. The highest BCUT2D eigenvalue weighted by Crippen LogP contribution is 2.25. The molecule has 70 valence electrons. The van der Waals surface area contributed by atoms with E-state index in [1.165, 1.54) is 12.8 Å². The van der Waals surface area contributed by atoms with E-state index in [0.717, 1.165) is 24.0 Å². The second kappa shape index (κ2) is 4.65. The van der Waals surface area contributed by atoms with Crippen molar-refractivity contribution in [3.8, 4) is 0 Å². The van der Waals surface area contributed by atoms with Crippen molar-refractivity contribution in [1.29, 1.82) is 0 Å². The predicted octanol–water partition coefficient (Wildman–Crippen LogP) is 1.66. The van der Waals surface area contributed by atoms with Gasteiger partial charge in [-0.3, -0.25) is 0 Å². The van der Waals surface area contributed by atoms with Gasteiger partial charge in [-0.2, -0.15) is 0 Å². The topological polar surface area (TPSA) is 24.1 Å². The first-order valence-electron chi connectivity index (χ1n) is 4.76. The molecule has 2 nitrogen and oxygen atoms in total. The van der Waals surface area contributed by atoms with E-state index >= 15 is 0 Å². The fourth-order valence-corrected chi connectivity index (χ4v) is 1.76. The third-order valence-corrected chi connectivity index (χ3v) is 2.51. The van der Waals surface area contributed by atoms with E-state index in [0.29, 0.717) is 6.04 Å². The van der Waals surface area contributed by atoms with Gasteiger partial charge in [0.1, 0.15) is 0 Å². The van der Waals surface area contributed by atoms with Crippen LogP contribution < -0.4 is 10.6 Å². The average Bonchev–Trinajstić information content (AvgIpc) is 1.98. The molecule has 0 unspecified atom stereocenters. The van der Waals surface area contributed by atoms with Crippen LogP contribution in [0, 0.1) is 5.92 Å². The third kappa shape index (κ3) is 2.97. The average molecular weight is 186 g/mol. The molecule has 0 spiro atoms. The van der Waals surface area contributed by atoms with Crippen LogP contribution >= 0.6 is 12.2 Å². The van der Waals surface area contributed by atoms with Crippen LogP contribution in [0.5, 0.6) is 0 Å². The Kier molecular flexibility index (Phi) is 3.79. The molecule has 1 saturated carbocycles. The highest BCUT2D eigenvalue weighted by molar-refractivity contribution is 7.80. The van der Waals surface area contributed by atoms with Crippen LogP contribution in [0.1, 0.15) is 33.1 Å². The Hall–Kier alpha value is -0.310. The van der Waals surface area contributed by atoms with Crippen LogP contribution in [0.4, 0.5) is 0 Å². The Morgan fingerprint density at radius 1 is 1.50 bits per heavy atom. The Morgan fingerprint density at radius 2 is 2.17 bits per heavy atom. The van der Waals surface area contributed by atoms with Gasteiger partial charge in [0.2, 0.25) is 0 Å². The summed E-state index contributed by atoms with van der Waals surface area (Å²) in [5.74, 6) is 0.886. The normalized spacial score (nSPS) is 27.5. The molecule has 0 heterocycles. The molecule has 0 aromatic carbocycles. The molecule has 1 aliphatic carbocycles. The molecule has 0 amide bonds. The smallest absolute Gasteiger partial charge is 0.166 e. The SMILES string of the molecule is CCCNC(=S)NC1CC(C)C1. The van der Waals surface area contributed by atoms with Crippen LogP contribution in [0.3, 0.4) is 0 Å². The van der Waals surface area contributed by atoms with Gasteiger partial charge in [-0.1, -0.05) is 13.8 Å². The summed E-state index contributed by atoms with van der Waals surface area (Å²) >= 11 is 5.11. The summed E-state index contributed by atoms with van der Waals surface area (Å²) in [4.78, 5) is 0. The third-order valence-electron chi connectivity index (χ3n) is 2.24. The highest BCUT2D eigenvalue weighted by Gasteiger charge is 2.25. The molecule has 0 saturated heterocycles. The minimum absolute atomic E-state index is 0.636. The van der Waals surface area contributed by atoms with Gasteiger partial charge in [0.05, 0.1) is 0 Å². The second-order valence-electron chi connectivity index (χ2n) is 3.67. The summed E-state index contributed by atoms with van der Waals surface area (Å²) < 4.78 is 0. The van der Waals surface area contributed by atoms with Crippen LogP contribution in [-0.2, 0) is 0 Å². The number of nitrogens with one attached hydrogen (secondary N) is 2. The largest absolute Gasteiger partial charge is 0.363 e. The Bertz CT molecular complexity index is 153. The van der Waals surface area contributed by atoms with Crippen LogP contribution in [0.15, 0.2) is 0 Å². The number of hydrogen-bond donors (Lipinski definition) is 2. The maximum atomic E-state index is 5.11. The zero-order chi connectivity index (χ0) is 8.97. The Morgan fingerprint density at radius 3 is 2.67 bits per heavy atom. The molecule has 1 aliphatic rings. The Balaban J connectivity index is 2.03. The molecule has 0 bridgehead atoms. The van der Waals surface area contributed by atoms with Crippen LogP contribution in [-0.4, -0.2) is 17.7 Å². The maximum Gasteiger partial charge on any atom is 0.166 e. The molecule has 1 fully saturated rings. The van der Waals surface area contributed by atoms with E-state index in [9.17, 15) is 0 Å². The van der Waals surface area contributed by atoms with E-state index < -0.39 is 0 Å². The van der Waals surface area contributed by atoms with Crippen LogP contribution in [0.25, 0.3) is 0 Å². The lowest BCUT2D eigenvalue weighted by Gasteiger charge is -2.34. The Labute approximate surface area is 80.1 Å². The summed E-state index contributed by atoms with van der Waals surface area (Å²) in [5, 5.41) is 7.30. The zero-order valence-electron chi connectivity index (χ0n) is 7.89. The van der Waals surface area contributed by atoms with Crippen LogP contribution in [0.2, 0.25) is 0 Å². The van der Waals surface area contributed by atoms with Gasteiger partial charge in [-0.15, -0.1) is 0 Å². The van der Waals surface area contributed by atoms with Gasteiger partial charge in [-0.05, 0) is 37.4 Å². The summed E-state index contributed by atoms with van der Waals surface area (Å²) in [6, 6.07) is 0.636. The summed E-state index contributed by atoms with van der Waals surface area (Å²) in [7, 11) is 0. The molecule has 0 aromatic rings. The highest BCUT2D eigenvalue weighted by atomic mass is 32.1. The minimum atomic E-state index is 0.636. The van der Waals surface area contributed by atoms with E-state index in [1.54, 1.807) is 0 Å².